The van der Waals surface area contributed by atoms with Crippen molar-refractivity contribution in [3.63, 3.8) is 0 Å². The summed E-state index contributed by atoms with van der Waals surface area (Å²) in [7, 11) is -1.24. The molecule has 1 heterocycles. The van der Waals surface area contributed by atoms with Crippen LogP contribution in [0.1, 0.15) is 5.56 Å². The van der Waals surface area contributed by atoms with Gasteiger partial charge in [-0.2, -0.15) is 0 Å². The molecular formula is C25H24N4O5S3. The number of nitrogens with one attached hydrogen (secondary N) is 1. The molecule has 0 spiro atoms. The van der Waals surface area contributed by atoms with Crippen molar-refractivity contribution < 1.29 is 22.7 Å². The molecule has 0 aliphatic carbocycles. The molecule has 0 aliphatic heterocycles. The molecule has 0 saturated heterocycles. The van der Waals surface area contributed by atoms with E-state index in [1.54, 1.807) is 30.3 Å². The first-order chi connectivity index (χ1) is 17.9. The molecule has 12 heteroatoms. The Labute approximate surface area is 223 Å². The lowest BCUT2D eigenvalue weighted by Crippen LogP contribution is -2.38. The van der Waals surface area contributed by atoms with Crippen LogP contribution in [0.3, 0.4) is 0 Å². The zero-order chi connectivity index (χ0) is 26.3. The van der Waals surface area contributed by atoms with Crippen LogP contribution in [0.5, 0.6) is 11.5 Å². The fourth-order valence-electron chi connectivity index (χ4n) is 3.34. The standard InChI is InChI=1S/C25H24N4O5S3/c1-33-19-13-14-22(34-2)21(15-19)29(37(31,32)20-11-7-4-8-12-20)16-23(30)26-24-27-28-25(36-24)35-17-18-9-5-3-6-10-18/h3-15H,16-17H2,1-2H3,(H,26,27,30). The Morgan fingerprint density at radius 1 is 0.973 bits per heavy atom. The minimum absolute atomic E-state index is 0.0307. The number of nitrogens with zero attached hydrogens (tertiary/aromatic N) is 3. The minimum Gasteiger partial charge on any atom is -0.497 e. The van der Waals surface area contributed by atoms with Crippen molar-refractivity contribution >= 4 is 49.8 Å². The van der Waals surface area contributed by atoms with Gasteiger partial charge < -0.3 is 9.47 Å². The second-order valence-corrected chi connectivity index (χ2v) is 11.6. The lowest BCUT2D eigenvalue weighted by molar-refractivity contribution is -0.114. The second-order valence-electron chi connectivity index (χ2n) is 7.56. The number of ether oxygens (including phenoxy) is 2. The smallest absolute Gasteiger partial charge is 0.264 e. The van der Waals surface area contributed by atoms with Gasteiger partial charge in [0.15, 0.2) is 4.34 Å². The van der Waals surface area contributed by atoms with Gasteiger partial charge in [0.2, 0.25) is 11.0 Å². The highest BCUT2D eigenvalue weighted by atomic mass is 32.2. The molecule has 0 bridgehead atoms. The number of methoxy groups -OCH3 is 2. The highest BCUT2D eigenvalue weighted by Crippen LogP contribution is 2.36. The van der Waals surface area contributed by atoms with Gasteiger partial charge in [0.25, 0.3) is 10.0 Å². The van der Waals surface area contributed by atoms with Crippen molar-refractivity contribution in [3.8, 4) is 11.5 Å². The summed E-state index contributed by atoms with van der Waals surface area (Å²) in [5.74, 6) is 0.805. The SMILES string of the molecule is COc1ccc(OC)c(N(CC(=O)Nc2nnc(SCc3ccccc3)s2)S(=O)(=O)c2ccccc2)c1. The van der Waals surface area contributed by atoms with Crippen LogP contribution in [0.4, 0.5) is 10.8 Å². The summed E-state index contributed by atoms with van der Waals surface area (Å²) >= 11 is 2.72. The normalized spacial score (nSPS) is 11.1. The van der Waals surface area contributed by atoms with Crippen LogP contribution in [0.25, 0.3) is 0 Å². The molecule has 0 radical (unpaired) electrons. The maximum Gasteiger partial charge on any atom is 0.264 e. The van der Waals surface area contributed by atoms with Crippen LogP contribution in [-0.2, 0) is 20.6 Å². The Kier molecular flexibility index (Phi) is 8.64. The Balaban J connectivity index is 1.56. The average Bonchev–Trinajstić information content (AvgIpc) is 3.38. The molecule has 3 aromatic carbocycles. The van der Waals surface area contributed by atoms with E-state index in [1.165, 1.54) is 55.5 Å². The van der Waals surface area contributed by atoms with Crippen LogP contribution in [0, 0.1) is 0 Å². The van der Waals surface area contributed by atoms with Crippen molar-refractivity contribution in [1.82, 2.24) is 10.2 Å². The number of amides is 1. The first kappa shape index (κ1) is 26.5. The van der Waals surface area contributed by atoms with Gasteiger partial charge in [0.05, 0.1) is 24.8 Å². The summed E-state index contributed by atoms with van der Waals surface area (Å²) in [6.07, 6.45) is 0. The monoisotopic (exact) mass is 556 g/mol. The molecule has 0 saturated carbocycles. The largest absolute Gasteiger partial charge is 0.497 e. The molecule has 0 unspecified atom stereocenters. The van der Waals surface area contributed by atoms with Gasteiger partial charge >= 0.3 is 0 Å². The van der Waals surface area contributed by atoms with Crippen molar-refractivity contribution in [2.75, 3.05) is 30.4 Å². The number of carbonyl (C=O) groups is 1. The molecular weight excluding hydrogens is 532 g/mol. The maximum atomic E-state index is 13.6. The van der Waals surface area contributed by atoms with Crippen molar-refractivity contribution in [3.05, 3.63) is 84.4 Å². The lowest BCUT2D eigenvalue weighted by atomic mass is 10.2. The number of aromatic nitrogens is 2. The zero-order valence-electron chi connectivity index (χ0n) is 20.0. The van der Waals surface area contributed by atoms with Crippen molar-refractivity contribution in [1.29, 1.82) is 0 Å². The predicted molar refractivity (Wildman–Crippen MR) is 145 cm³/mol. The molecule has 37 heavy (non-hydrogen) atoms. The number of benzene rings is 3. The zero-order valence-corrected chi connectivity index (χ0v) is 22.5. The summed E-state index contributed by atoms with van der Waals surface area (Å²) < 4.78 is 39.6. The van der Waals surface area contributed by atoms with Crippen LogP contribution >= 0.6 is 23.1 Å². The summed E-state index contributed by atoms with van der Waals surface area (Å²) in [6.45, 7) is -0.521. The quantitative estimate of drug-likeness (QED) is 0.209. The van der Waals surface area contributed by atoms with Crippen molar-refractivity contribution in [2.24, 2.45) is 0 Å². The van der Waals surface area contributed by atoms with E-state index in [0.29, 0.717) is 15.8 Å². The van der Waals surface area contributed by atoms with Gasteiger partial charge in [-0.1, -0.05) is 71.6 Å². The first-order valence-electron chi connectivity index (χ1n) is 11.0. The summed E-state index contributed by atoms with van der Waals surface area (Å²) in [4.78, 5) is 13.1. The van der Waals surface area contributed by atoms with E-state index >= 15 is 0 Å². The van der Waals surface area contributed by atoms with Gasteiger partial charge in [0.1, 0.15) is 18.0 Å². The number of thioether (sulfide) groups is 1. The molecule has 9 nitrogen and oxygen atoms in total. The first-order valence-corrected chi connectivity index (χ1v) is 14.2. The van der Waals surface area contributed by atoms with Gasteiger partial charge in [0, 0.05) is 11.8 Å². The summed E-state index contributed by atoms with van der Waals surface area (Å²) in [6, 6.07) is 22.5. The van der Waals surface area contributed by atoms with Gasteiger partial charge in [-0.05, 0) is 29.8 Å². The van der Waals surface area contributed by atoms with E-state index in [9.17, 15) is 13.2 Å². The molecule has 4 aromatic rings. The fourth-order valence-corrected chi connectivity index (χ4v) is 6.51. The third-order valence-corrected chi connectivity index (χ3v) is 8.95. The van der Waals surface area contributed by atoms with E-state index in [2.05, 4.69) is 15.5 Å². The van der Waals surface area contributed by atoms with Gasteiger partial charge in [-0.25, -0.2) is 8.42 Å². The summed E-state index contributed by atoms with van der Waals surface area (Å²) in [5, 5.41) is 11.1. The van der Waals surface area contributed by atoms with E-state index in [0.717, 1.165) is 9.87 Å². The molecule has 4 rings (SSSR count). The Morgan fingerprint density at radius 2 is 1.68 bits per heavy atom. The molecule has 1 N–H and O–H groups in total. The molecule has 1 amide bonds. The van der Waals surface area contributed by atoms with Crippen LogP contribution in [-0.4, -0.2) is 45.3 Å². The number of anilines is 2. The van der Waals surface area contributed by atoms with Gasteiger partial charge in [-0.3, -0.25) is 14.4 Å². The van der Waals surface area contributed by atoms with Gasteiger partial charge in [-0.15, -0.1) is 10.2 Å². The highest BCUT2D eigenvalue weighted by Gasteiger charge is 2.30. The summed E-state index contributed by atoms with van der Waals surface area (Å²) in [5.41, 5.74) is 1.31. The Morgan fingerprint density at radius 3 is 2.35 bits per heavy atom. The van der Waals surface area contributed by atoms with Crippen LogP contribution < -0.4 is 19.1 Å². The number of sulfonamides is 1. The Hall–Kier alpha value is -3.61. The topological polar surface area (TPSA) is 111 Å². The van der Waals surface area contributed by atoms with Crippen molar-refractivity contribution in [2.45, 2.75) is 15.0 Å². The molecule has 0 aliphatic rings. The maximum absolute atomic E-state index is 13.6. The molecule has 1 aromatic heterocycles. The number of rotatable bonds is 11. The van der Waals surface area contributed by atoms with E-state index in [4.69, 9.17) is 9.47 Å². The third-order valence-electron chi connectivity index (χ3n) is 5.13. The number of carbonyl (C=O) groups excluding carboxylic acids is 1. The molecule has 0 fully saturated rings. The lowest BCUT2D eigenvalue weighted by Gasteiger charge is -2.25. The number of hydrogen-bond donors (Lipinski definition) is 1. The van der Waals surface area contributed by atoms with E-state index < -0.39 is 22.5 Å². The predicted octanol–water partition coefficient (Wildman–Crippen LogP) is 4.68. The second kappa shape index (κ2) is 12.1. The Bertz CT molecular complexity index is 1450. The van der Waals surface area contributed by atoms with E-state index in [1.807, 2.05) is 30.3 Å². The average molecular weight is 557 g/mol. The van der Waals surface area contributed by atoms with Crippen LogP contribution in [0.2, 0.25) is 0 Å². The highest BCUT2D eigenvalue weighted by molar-refractivity contribution is 8.00. The molecule has 0 atom stereocenters. The number of hydrogen-bond acceptors (Lipinski definition) is 9. The van der Waals surface area contributed by atoms with E-state index in [-0.39, 0.29) is 21.5 Å². The molecule has 192 valence electrons. The fraction of sp³-hybridized carbons (Fsp3) is 0.160. The third kappa shape index (κ3) is 6.59. The van der Waals surface area contributed by atoms with Crippen LogP contribution in [0.15, 0.2) is 88.1 Å². The minimum atomic E-state index is -4.13.